The van der Waals surface area contributed by atoms with Crippen molar-refractivity contribution in [1.29, 1.82) is 0 Å². The van der Waals surface area contributed by atoms with Gasteiger partial charge in [-0.2, -0.15) is 0 Å². The number of carboxylic acids is 1. The minimum atomic E-state index is -0.946. The summed E-state index contributed by atoms with van der Waals surface area (Å²) in [7, 11) is 1.29. The summed E-state index contributed by atoms with van der Waals surface area (Å²) < 4.78 is 4.80. The molecule has 1 aromatic rings. The Labute approximate surface area is 143 Å². The fourth-order valence-corrected chi connectivity index (χ4v) is 4.83. The number of ether oxygens (including phenoxy) is 1. The van der Waals surface area contributed by atoms with Crippen molar-refractivity contribution in [2.45, 2.75) is 20.3 Å². The van der Waals surface area contributed by atoms with Crippen LogP contribution in [0.25, 0.3) is 0 Å². The number of methoxy groups -OCH3 is 1. The van der Waals surface area contributed by atoms with Gasteiger partial charge in [-0.25, -0.2) is 4.79 Å². The normalized spacial score (nSPS) is 27.3. The molecule has 24 heavy (non-hydrogen) atoms. The number of anilines is 1. The Morgan fingerprint density at radius 3 is 2.42 bits per heavy atom. The molecule has 7 heteroatoms. The lowest BCUT2D eigenvalue weighted by Gasteiger charge is -2.23. The molecule has 128 valence electrons. The summed E-state index contributed by atoms with van der Waals surface area (Å²) in [5, 5.41) is 12.7. The smallest absolute Gasteiger partial charge is 0.341 e. The molecule has 0 saturated heterocycles. The molecule has 2 aliphatic rings. The first-order valence-electron chi connectivity index (χ1n) is 7.75. The molecule has 1 saturated carbocycles. The van der Waals surface area contributed by atoms with E-state index in [1.807, 2.05) is 19.1 Å². The van der Waals surface area contributed by atoms with Gasteiger partial charge in [-0.05, 0) is 37.7 Å². The lowest BCUT2D eigenvalue weighted by Crippen LogP contribution is -2.36. The standard InChI is InChI=1S/C17H19NO5S/c1-7-8(2)24-15(11(7)17(22)23-3)18-14(19)12-9-4-5-10(6-9)13(12)16(20)21/h4-5,9-10,12-13H,6H2,1-3H3,(H,18,19)(H,20,21)/t9-,10-,12+,13+/m1/s1. The maximum atomic E-state index is 12.7. The van der Waals surface area contributed by atoms with Gasteiger partial charge in [0, 0.05) is 4.88 Å². The molecule has 0 aromatic carbocycles. The molecule has 4 atom stereocenters. The Balaban J connectivity index is 1.88. The van der Waals surface area contributed by atoms with Crippen molar-refractivity contribution in [3.63, 3.8) is 0 Å². The number of aliphatic carboxylic acids is 1. The first-order chi connectivity index (χ1) is 11.3. The van der Waals surface area contributed by atoms with Crippen molar-refractivity contribution >= 4 is 34.2 Å². The van der Waals surface area contributed by atoms with Crippen LogP contribution in [0, 0.1) is 37.5 Å². The molecule has 1 heterocycles. The number of hydrogen-bond donors (Lipinski definition) is 2. The molecule has 1 fully saturated rings. The second-order valence-corrected chi connectivity index (χ2v) is 7.53. The molecule has 0 radical (unpaired) electrons. The SMILES string of the molecule is COC(=O)c1c(NC(=O)[C@@H]2[C@@H](C(=O)O)[C@@H]3C=C[C@@H]2C3)sc(C)c1C. The van der Waals surface area contributed by atoms with Crippen molar-refractivity contribution in [2.75, 3.05) is 12.4 Å². The summed E-state index contributed by atoms with van der Waals surface area (Å²) in [6.07, 6.45) is 4.52. The highest BCUT2D eigenvalue weighted by Gasteiger charge is 2.51. The molecule has 0 spiro atoms. The Morgan fingerprint density at radius 2 is 1.83 bits per heavy atom. The van der Waals surface area contributed by atoms with Gasteiger partial charge in [0.25, 0.3) is 0 Å². The predicted molar refractivity (Wildman–Crippen MR) is 89.1 cm³/mol. The van der Waals surface area contributed by atoms with E-state index in [2.05, 4.69) is 5.32 Å². The molecule has 1 aromatic heterocycles. The summed E-state index contributed by atoms with van der Waals surface area (Å²) in [4.78, 5) is 37.2. The monoisotopic (exact) mass is 349 g/mol. The summed E-state index contributed by atoms with van der Waals surface area (Å²) in [6, 6.07) is 0. The van der Waals surface area contributed by atoms with Crippen molar-refractivity contribution in [3.05, 3.63) is 28.2 Å². The van der Waals surface area contributed by atoms with Gasteiger partial charge in [-0.15, -0.1) is 11.3 Å². The van der Waals surface area contributed by atoms with Crippen LogP contribution in [-0.2, 0) is 14.3 Å². The van der Waals surface area contributed by atoms with Crippen LogP contribution in [0.3, 0.4) is 0 Å². The number of thiophene rings is 1. The number of carbonyl (C=O) groups is 3. The number of carbonyl (C=O) groups excluding carboxylic acids is 2. The van der Waals surface area contributed by atoms with Crippen LogP contribution in [0.5, 0.6) is 0 Å². The molecule has 3 rings (SSSR count). The Hall–Kier alpha value is -2.15. The summed E-state index contributed by atoms with van der Waals surface area (Å²) in [5.74, 6) is -3.25. The van der Waals surface area contributed by atoms with Gasteiger partial charge in [0.05, 0.1) is 24.5 Å². The van der Waals surface area contributed by atoms with E-state index in [1.165, 1.54) is 18.4 Å². The Morgan fingerprint density at radius 1 is 1.21 bits per heavy atom. The van der Waals surface area contributed by atoms with Crippen molar-refractivity contribution in [2.24, 2.45) is 23.7 Å². The van der Waals surface area contributed by atoms with Crippen molar-refractivity contribution < 1.29 is 24.2 Å². The minimum Gasteiger partial charge on any atom is -0.481 e. The van der Waals surface area contributed by atoms with Crippen LogP contribution < -0.4 is 5.32 Å². The average molecular weight is 349 g/mol. The molecule has 0 unspecified atom stereocenters. The van der Waals surface area contributed by atoms with Crippen LogP contribution in [0.15, 0.2) is 12.2 Å². The molecule has 2 bridgehead atoms. The maximum absolute atomic E-state index is 12.7. The zero-order valence-corrected chi connectivity index (χ0v) is 14.5. The predicted octanol–water partition coefficient (Wildman–Crippen LogP) is 2.61. The highest BCUT2D eigenvalue weighted by atomic mass is 32.1. The highest BCUT2D eigenvalue weighted by molar-refractivity contribution is 7.16. The zero-order chi connectivity index (χ0) is 17.6. The Kier molecular flexibility index (Phi) is 4.21. The molecular weight excluding hydrogens is 330 g/mol. The first-order valence-corrected chi connectivity index (χ1v) is 8.57. The largest absolute Gasteiger partial charge is 0.481 e. The van der Waals surface area contributed by atoms with E-state index < -0.39 is 23.8 Å². The fraction of sp³-hybridized carbons (Fsp3) is 0.471. The molecule has 0 aliphatic heterocycles. The third-order valence-electron chi connectivity index (χ3n) is 5.06. The maximum Gasteiger partial charge on any atom is 0.341 e. The lowest BCUT2D eigenvalue weighted by molar-refractivity contribution is -0.146. The average Bonchev–Trinajstić information content (AvgIpc) is 3.21. The van der Waals surface area contributed by atoms with Crippen LogP contribution >= 0.6 is 11.3 Å². The van der Waals surface area contributed by atoms with Gasteiger partial charge >= 0.3 is 11.9 Å². The fourth-order valence-electron chi connectivity index (χ4n) is 3.77. The highest BCUT2D eigenvalue weighted by Crippen LogP contribution is 2.48. The van der Waals surface area contributed by atoms with Gasteiger partial charge in [0.15, 0.2) is 0 Å². The second kappa shape index (κ2) is 6.05. The summed E-state index contributed by atoms with van der Waals surface area (Å²) in [6.45, 7) is 3.66. The van der Waals surface area contributed by atoms with Gasteiger partial charge < -0.3 is 15.2 Å². The second-order valence-electron chi connectivity index (χ2n) is 6.31. The first kappa shape index (κ1) is 16.7. The lowest BCUT2D eigenvalue weighted by atomic mass is 9.82. The van der Waals surface area contributed by atoms with E-state index >= 15 is 0 Å². The third-order valence-corrected chi connectivity index (χ3v) is 6.18. The number of rotatable bonds is 4. The molecular formula is C17H19NO5S. The van der Waals surface area contributed by atoms with Crippen LogP contribution in [-0.4, -0.2) is 30.1 Å². The van der Waals surface area contributed by atoms with Gasteiger partial charge in [-0.3, -0.25) is 9.59 Å². The van der Waals surface area contributed by atoms with E-state index in [4.69, 9.17) is 4.74 Å². The minimum absolute atomic E-state index is 0.0557. The van der Waals surface area contributed by atoms with Gasteiger partial charge in [0.2, 0.25) is 5.91 Å². The van der Waals surface area contributed by atoms with E-state index in [0.717, 1.165) is 10.4 Å². The summed E-state index contributed by atoms with van der Waals surface area (Å²) >= 11 is 1.30. The van der Waals surface area contributed by atoms with Crippen molar-refractivity contribution in [1.82, 2.24) is 0 Å². The topological polar surface area (TPSA) is 92.7 Å². The number of esters is 1. The van der Waals surface area contributed by atoms with E-state index in [1.54, 1.807) is 6.92 Å². The number of aryl methyl sites for hydroxylation is 1. The van der Waals surface area contributed by atoms with E-state index in [-0.39, 0.29) is 17.7 Å². The zero-order valence-electron chi connectivity index (χ0n) is 13.7. The Bertz CT molecular complexity index is 750. The van der Waals surface area contributed by atoms with Crippen molar-refractivity contribution in [3.8, 4) is 0 Å². The number of fused-ring (bicyclic) bond motifs is 2. The molecule has 2 aliphatic carbocycles. The van der Waals surface area contributed by atoms with Crippen LogP contribution in [0.1, 0.15) is 27.2 Å². The molecule has 6 nitrogen and oxygen atoms in total. The number of hydrogen-bond acceptors (Lipinski definition) is 5. The van der Waals surface area contributed by atoms with E-state index in [9.17, 15) is 19.5 Å². The number of nitrogens with one attached hydrogen (secondary N) is 1. The molecule has 1 amide bonds. The van der Waals surface area contributed by atoms with E-state index in [0.29, 0.717) is 17.0 Å². The number of allylic oxidation sites excluding steroid dienone is 2. The summed E-state index contributed by atoms with van der Waals surface area (Å²) in [5.41, 5.74) is 1.11. The third kappa shape index (κ3) is 2.53. The van der Waals surface area contributed by atoms with Crippen LogP contribution in [0.2, 0.25) is 0 Å². The van der Waals surface area contributed by atoms with Gasteiger partial charge in [0.1, 0.15) is 5.00 Å². The number of carboxylic acid groups (broad SMARTS) is 1. The van der Waals surface area contributed by atoms with Crippen LogP contribution in [0.4, 0.5) is 5.00 Å². The molecule has 2 N–H and O–H groups in total. The van der Waals surface area contributed by atoms with Gasteiger partial charge in [-0.1, -0.05) is 12.2 Å². The number of amides is 1. The quantitative estimate of drug-likeness (QED) is 0.644.